The molecule has 9 nitrogen and oxygen atoms in total. The number of hydrogen-bond acceptors (Lipinski definition) is 5. The van der Waals surface area contributed by atoms with Crippen molar-refractivity contribution in [2.24, 2.45) is 16.9 Å². The third kappa shape index (κ3) is 4.37. The Labute approximate surface area is 167 Å². The Morgan fingerprint density at radius 1 is 1.35 bits per heavy atom. The third-order valence-corrected chi connectivity index (χ3v) is 5.09. The van der Waals surface area contributed by atoms with Crippen molar-refractivity contribution in [3.63, 3.8) is 0 Å². The van der Waals surface area contributed by atoms with Crippen molar-refractivity contribution in [2.45, 2.75) is 45.4 Å². The molecular formula is C15H21Br2N5O4. The van der Waals surface area contributed by atoms with Gasteiger partial charge in [-0.1, -0.05) is 0 Å². The van der Waals surface area contributed by atoms with Crippen molar-refractivity contribution in [2.75, 3.05) is 6.54 Å². The molecule has 3 amide bonds. The monoisotopic (exact) mass is 493 g/mol. The number of likely N-dealkylation sites (tertiary alicyclic amines) is 1. The predicted molar refractivity (Wildman–Crippen MR) is 99.8 cm³/mol. The van der Waals surface area contributed by atoms with Crippen LogP contribution in [-0.4, -0.2) is 50.8 Å². The summed E-state index contributed by atoms with van der Waals surface area (Å²) in [4.78, 5) is 37.9. The number of carbonyl (C=O) groups excluding carboxylic acids is 3. The van der Waals surface area contributed by atoms with E-state index in [-0.39, 0.29) is 19.5 Å². The van der Waals surface area contributed by atoms with Crippen LogP contribution in [0, 0.1) is 5.41 Å². The van der Waals surface area contributed by atoms with Gasteiger partial charge in [0, 0.05) is 12.6 Å². The molecule has 0 saturated carbocycles. The zero-order valence-corrected chi connectivity index (χ0v) is 17.8. The Kier molecular flexibility index (Phi) is 5.71. The van der Waals surface area contributed by atoms with Gasteiger partial charge >= 0.3 is 6.09 Å². The molecule has 0 aliphatic carbocycles. The number of amides is 3. The lowest BCUT2D eigenvalue weighted by Gasteiger charge is -2.28. The second kappa shape index (κ2) is 7.18. The van der Waals surface area contributed by atoms with Gasteiger partial charge in [0.2, 0.25) is 11.8 Å². The molecule has 144 valence electrons. The second-order valence-electron chi connectivity index (χ2n) is 7.32. The highest BCUT2D eigenvalue weighted by Crippen LogP contribution is 2.38. The van der Waals surface area contributed by atoms with Crippen molar-refractivity contribution >= 4 is 49.8 Å². The van der Waals surface area contributed by atoms with E-state index in [1.165, 1.54) is 9.58 Å². The maximum Gasteiger partial charge on any atom is 0.411 e. The van der Waals surface area contributed by atoms with E-state index in [0.717, 1.165) is 0 Å². The molecule has 0 aromatic carbocycles. The summed E-state index contributed by atoms with van der Waals surface area (Å²) in [6.07, 6.45) is -0.717. The minimum atomic E-state index is -1.20. The molecule has 1 aromatic heterocycles. The first kappa shape index (κ1) is 20.7. The van der Waals surface area contributed by atoms with E-state index in [9.17, 15) is 14.4 Å². The number of halogens is 2. The second-order valence-corrected chi connectivity index (χ2v) is 8.95. The standard InChI is InChI=1S/C15H21Br2N5O4/c1-14(2,3)26-13(25)21-6-15(12(19)24,5-8(21)11(18)23)7-22-10(17)4-9(16)20-22/h4,8H,5-7H2,1-3H3,(H2,18,23)(H2,19,24)/t8-,15?/m0/s1. The topological polar surface area (TPSA) is 134 Å². The van der Waals surface area contributed by atoms with Gasteiger partial charge in [0.05, 0.1) is 12.0 Å². The van der Waals surface area contributed by atoms with Gasteiger partial charge in [-0.2, -0.15) is 5.10 Å². The van der Waals surface area contributed by atoms with Crippen molar-refractivity contribution < 1.29 is 19.1 Å². The molecule has 1 aliphatic rings. The largest absolute Gasteiger partial charge is 0.444 e. The Balaban J connectivity index is 2.36. The Morgan fingerprint density at radius 3 is 2.38 bits per heavy atom. The summed E-state index contributed by atoms with van der Waals surface area (Å²) in [6.45, 7) is 5.12. The lowest BCUT2D eigenvalue weighted by Crippen LogP contribution is -2.47. The molecule has 0 radical (unpaired) electrons. The lowest BCUT2D eigenvalue weighted by molar-refractivity contribution is -0.128. The highest BCUT2D eigenvalue weighted by Gasteiger charge is 2.53. The van der Waals surface area contributed by atoms with E-state index in [1.54, 1.807) is 26.8 Å². The van der Waals surface area contributed by atoms with Gasteiger partial charge in [-0.3, -0.25) is 19.2 Å². The number of nitrogens with zero attached hydrogens (tertiary/aromatic N) is 3. The van der Waals surface area contributed by atoms with Gasteiger partial charge in [0.15, 0.2) is 0 Å². The molecule has 1 aliphatic heterocycles. The highest BCUT2D eigenvalue weighted by molar-refractivity contribution is 9.11. The number of carbonyl (C=O) groups is 3. The first-order valence-corrected chi connectivity index (χ1v) is 9.41. The van der Waals surface area contributed by atoms with Gasteiger partial charge in [0.25, 0.3) is 0 Å². The third-order valence-electron chi connectivity index (χ3n) is 4.07. The van der Waals surface area contributed by atoms with Crippen LogP contribution in [0.1, 0.15) is 27.2 Å². The van der Waals surface area contributed by atoms with Crippen LogP contribution in [-0.2, 0) is 20.9 Å². The van der Waals surface area contributed by atoms with Crippen LogP contribution in [0.25, 0.3) is 0 Å². The normalized spacial score (nSPS) is 23.1. The van der Waals surface area contributed by atoms with Crippen LogP contribution in [0.15, 0.2) is 15.3 Å². The van der Waals surface area contributed by atoms with Crippen LogP contribution >= 0.6 is 31.9 Å². The predicted octanol–water partition coefficient (Wildman–Crippen LogP) is 1.37. The lowest BCUT2D eigenvalue weighted by atomic mass is 9.84. The molecule has 2 heterocycles. The van der Waals surface area contributed by atoms with Crippen LogP contribution < -0.4 is 11.5 Å². The number of rotatable bonds is 4. The minimum Gasteiger partial charge on any atom is -0.444 e. The summed E-state index contributed by atoms with van der Waals surface area (Å²) in [5, 5.41) is 4.23. The summed E-state index contributed by atoms with van der Waals surface area (Å²) < 4.78 is 8.06. The van der Waals surface area contributed by atoms with Gasteiger partial charge in [-0.05, 0) is 59.1 Å². The fraction of sp³-hybridized carbons (Fsp3) is 0.600. The molecule has 1 saturated heterocycles. The minimum absolute atomic E-state index is 0.000822. The number of nitrogens with two attached hydrogens (primary N) is 2. The molecule has 0 spiro atoms. The molecule has 2 rings (SSSR count). The fourth-order valence-corrected chi connectivity index (χ4v) is 4.02. The van der Waals surface area contributed by atoms with E-state index in [0.29, 0.717) is 9.21 Å². The molecule has 1 aromatic rings. The Morgan fingerprint density at radius 2 is 1.96 bits per heavy atom. The smallest absolute Gasteiger partial charge is 0.411 e. The van der Waals surface area contributed by atoms with E-state index >= 15 is 0 Å². The molecule has 11 heteroatoms. The van der Waals surface area contributed by atoms with Gasteiger partial charge in [-0.15, -0.1) is 0 Å². The van der Waals surface area contributed by atoms with Crippen molar-refractivity contribution in [3.05, 3.63) is 15.3 Å². The summed E-state index contributed by atoms with van der Waals surface area (Å²) in [7, 11) is 0. The summed E-state index contributed by atoms with van der Waals surface area (Å²) >= 11 is 6.60. The molecule has 1 fully saturated rings. The van der Waals surface area contributed by atoms with E-state index in [4.69, 9.17) is 16.2 Å². The SMILES string of the molecule is CC(C)(C)OC(=O)N1CC(Cn2nc(Br)cc2Br)(C(N)=O)C[C@H]1C(N)=O. The fourth-order valence-electron chi connectivity index (χ4n) is 2.88. The average Bonchev–Trinajstić information content (AvgIpc) is 2.99. The first-order valence-electron chi connectivity index (χ1n) is 7.82. The Hall–Kier alpha value is -1.62. The van der Waals surface area contributed by atoms with Crippen LogP contribution in [0.5, 0.6) is 0 Å². The summed E-state index contributed by atoms with van der Waals surface area (Å²) in [5.74, 6) is -1.37. The van der Waals surface area contributed by atoms with Gasteiger partial charge < -0.3 is 16.2 Å². The molecule has 0 bridgehead atoms. The van der Waals surface area contributed by atoms with Crippen LogP contribution in [0.4, 0.5) is 4.79 Å². The Bertz CT molecular complexity index is 745. The maximum atomic E-state index is 12.5. The van der Waals surface area contributed by atoms with Crippen molar-refractivity contribution in [1.82, 2.24) is 14.7 Å². The highest BCUT2D eigenvalue weighted by atomic mass is 79.9. The van der Waals surface area contributed by atoms with E-state index < -0.39 is 35.0 Å². The molecule has 2 atom stereocenters. The first-order chi connectivity index (χ1) is 11.8. The van der Waals surface area contributed by atoms with E-state index in [2.05, 4.69) is 37.0 Å². The molecule has 26 heavy (non-hydrogen) atoms. The van der Waals surface area contributed by atoms with Crippen LogP contribution in [0.3, 0.4) is 0 Å². The number of aromatic nitrogens is 2. The zero-order chi connectivity index (χ0) is 19.9. The van der Waals surface area contributed by atoms with E-state index in [1.807, 2.05) is 0 Å². The van der Waals surface area contributed by atoms with Gasteiger partial charge in [-0.25, -0.2) is 4.79 Å². The number of primary amides is 2. The summed E-state index contributed by atoms with van der Waals surface area (Å²) in [6, 6.07) is 0.719. The summed E-state index contributed by atoms with van der Waals surface area (Å²) in [5.41, 5.74) is 9.15. The van der Waals surface area contributed by atoms with Crippen molar-refractivity contribution in [1.29, 1.82) is 0 Å². The molecular weight excluding hydrogens is 474 g/mol. The molecule has 1 unspecified atom stereocenters. The zero-order valence-electron chi connectivity index (χ0n) is 14.7. The van der Waals surface area contributed by atoms with Crippen molar-refractivity contribution in [3.8, 4) is 0 Å². The number of ether oxygens (including phenoxy) is 1. The van der Waals surface area contributed by atoms with Crippen LogP contribution in [0.2, 0.25) is 0 Å². The average molecular weight is 495 g/mol. The number of hydrogen-bond donors (Lipinski definition) is 2. The maximum absolute atomic E-state index is 12.5. The molecule has 4 N–H and O–H groups in total. The quantitative estimate of drug-likeness (QED) is 0.651. The van der Waals surface area contributed by atoms with Gasteiger partial charge in [0.1, 0.15) is 20.8 Å².